The molecule has 1 aromatic carbocycles. The Hall–Kier alpha value is -1.85. The van der Waals surface area contributed by atoms with E-state index in [0.29, 0.717) is 24.9 Å². The van der Waals surface area contributed by atoms with E-state index in [0.717, 1.165) is 34.0 Å². The van der Waals surface area contributed by atoms with Crippen LogP contribution in [0, 0.1) is 21.3 Å². The Morgan fingerprint density at radius 3 is 2.69 bits per heavy atom. The standard InChI is InChI=1S/C26H33BINO6/c1-5-14(9-15-10-19(28)24(30)21(11-15)34-4)7-8-20-22-16(6-2)12-17-23(18(22)13-27(33)35-20)26(32)29(3)25(17)31/h9-11,17-18,20,23,30,33H,5-8,12-13H2,1-4H3/b14-9+/t17-,18+,20-,23-/m1/s1. The van der Waals surface area contributed by atoms with Gasteiger partial charge in [-0.15, -0.1) is 0 Å². The van der Waals surface area contributed by atoms with Crippen LogP contribution >= 0.6 is 22.6 Å². The number of ether oxygens (including phenoxy) is 1. The van der Waals surface area contributed by atoms with Crippen LogP contribution in [0.4, 0.5) is 0 Å². The van der Waals surface area contributed by atoms with Crippen molar-refractivity contribution in [2.24, 2.45) is 17.8 Å². The van der Waals surface area contributed by atoms with Gasteiger partial charge in [-0.05, 0) is 90.2 Å². The molecule has 2 fully saturated rings. The van der Waals surface area contributed by atoms with E-state index in [2.05, 4.69) is 42.5 Å². The second kappa shape index (κ2) is 10.6. The van der Waals surface area contributed by atoms with Crippen molar-refractivity contribution in [3.05, 3.63) is 38.0 Å². The largest absolute Gasteiger partial charge is 0.504 e. The number of rotatable bonds is 7. The molecule has 1 aromatic rings. The molecule has 4 atom stereocenters. The van der Waals surface area contributed by atoms with E-state index in [9.17, 15) is 19.7 Å². The van der Waals surface area contributed by atoms with Gasteiger partial charge in [0.25, 0.3) is 0 Å². The minimum atomic E-state index is -0.948. The maximum absolute atomic E-state index is 13.0. The van der Waals surface area contributed by atoms with Crippen molar-refractivity contribution >= 4 is 47.6 Å². The molecule has 7 nitrogen and oxygen atoms in total. The number of amides is 2. The Morgan fingerprint density at radius 1 is 1.29 bits per heavy atom. The van der Waals surface area contributed by atoms with Crippen LogP contribution in [0.25, 0.3) is 6.08 Å². The van der Waals surface area contributed by atoms with Crippen LogP contribution in [-0.2, 0) is 14.2 Å². The summed E-state index contributed by atoms with van der Waals surface area (Å²) in [5, 5.41) is 20.7. The Labute approximate surface area is 220 Å². The van der Waals surface area contributed by atoms with Crippen LogP contribution in [0.2, 0.25) is 6.32 Å². The number of allylic oxidation sites excluding steroid dienone is 2. The third kappa shape index (κ3) is 4.91. The van der Waals surface area contributed by atoms with Crippen LogP contribution in [0.5, 0.6) is 11.5 Å². The summed E-state index contributed by atoms with van der Waals surface area (Å²) in [6.07, 6.45) is 5.89. The Morgan fingerprint density at radius 2 is 2.03 bits per heavy atom. The van der Waals surface area contributed by atoms with E-state index in [4.69, 9.17) is 9.39 Å². The van der Waals surface area contributed by atoms with Gasteiger partial charge in [-0.25, -0.2) is 0 Å². The van der Waals surface area contributed by atoms with Crippen LogP contribution in [0.3, 0.4) is 0 Å². The number of carbonyl (C=O) groups is 2. The van der Waals surface area contributed by atoms with Crippen molar-refractivity contribution in [3.8, 4) is 11.5 Å². The number of likely N-dealkylation sites (tertiary alicyclic amines) is 1. The zero-order chi connectivity index (χ0) is 25.4. The number of imide groups is 1. The molecular formula is C26H33BINO6. The van der Waals surface area contributed by atoms with Gasteiger partial charge in [0.1, 0.15) is 0 Å². The van der Waals surface area contributed by atoms with Crippen LogP contribution in [0.1, 0.15) is 51.5 Å². The SMILES string of the molecule is CCC1=C2[C@@H](CC/C(=C/c3cc(I)c(O)c(OC)c3)CC)OB(O)C[C@@H]2[C@@H]2C(=O)N(C)C(=O)[C@@H]2C1. The normalized spacial score (nSPS) is 26.9. The van der Waals surface area contributed by atoms with Gasteiger partial charge in [0.05, 0.1) is 28.6 Å². The quantitative estimate of drug-likeness (QED) is 0.211. The van der Waals surface area contributed by atoms with E-state index >= 15 is 0 Å². The maximum Gasteiger partial charge on any atom is 0.455 e. The highest BCUT2D eigenvalue weighted by Crippen LogP contribution is 2.51. The Bertz CT molecular complexity index is 1090. The zero-order valence-electron chi connectivity index (χ0n) is 20.7. The summed E-state index contributed by atoms with van der Waals surface area (Å²) in [4.78, 5) is 26.9. The number of carbonyl (C=O) groups excluding carboxylic acids is 2. The maximum atomic E-state index is 13.0. The van der Waals surface area contributed by atoms with Crippen molar-refractivity contribution in [1.29, 1.82) is 0 Å². The Balaban J connectivity index is 1.60. The fourth-order valence-electron chi connectivity index (χ4n) is 6.00. The molecule has 0 spiro atoms. The first-order valence-corrected chi connectivity index (χ1v) is 13.4. The summed E-state index contributed by atoms with van der Waals surface area (Å²) in [6.45, 7) is 4.19. The second-order valence-electron chi connectivity index (χ2n) is 9.65. The number of hydrogen-bond donors (Lipinski definition) is 2. The minimum absolute atomic E-state index is 0.0994. The summed E-state index contributed by atoms with van der Waals surface area (Å²) in [7, 11) is 2.16. The van der Waals surface area contributed by atoms with Gasteiger partial charge in [-0.2, -0.15) is 0 Å². The van der Waals surface area contributed by atoms with E-state index in [1.165, 1.54) is 23.2 Å². The molecule has 2 saturated heterocycles. The molecule has 4 rings (SSSR count). The third-order valence-corrected chi connectivity index (χ3v) is 8.60. The number of phenols is 1. The summed E-state index contributed by atoms with van der Waals surface area (Å²) in [6, 6.07) is 3.74. The highest BCUT2D eigenvalue weighted by molar-refractivity contribution is 14.1. The number of phenolic OH excluding ortho intramolecular Hbond substituents is 1. The molecule has 0 aromatic heterocycles. The fraction of sp³-hybridized carbons (Fsp3) is 0.538. The molecule has 2 aliphatic heterocycles. The van der Waals surface area contributed by atoms with E-state index < -0.39 is 13.0 Å². The van der Waals surface area contributed by atoms with E-state index in [1.807, 2.05) is 12.1 Å². The van der Waals surface area contributed by atoms with Gasteiger partial charge in [0, 0.05) is 7.05 Å². The Kier molecular flexibility index (Phi) is 7.97. The van der Waals surface area contributed by atoms with Gasteiger partial charge < -0.3 is 19.5 Å². The highest BCUT2D eigenvalue weighted by atomic mass is 127. The predicted octanol–water partition coefficient (Wildman–Crippen LogP) is 4.42. The topological polar surface area (TPSA) is 96.3 Å². The zero-order valence-corrected chi connectivity index (χ0v) is 22.9. The first-order valence-electron chi connectivity index (χ1n) is 12.3. The summed E-state index contributed by atoms with van der Waals surface area (Å²) >= 11 is 2.09. The van der Waals surface area contributed by atoms with Crippen molar-refractivity contribution in [2.45, 2.75) is 58.4 Å². The lowest BCUT2D eigenvalue weighted by atomic mass is 9.58. The van der Waals surface area contributed by atoms with Crippen molar-refractivity contribution < 1.29 is 29.1 Å². The lowest BCUT2D eigenvalue weighted by Gasteiger charge is -2.43. The van der Waals surface area contributed by atoms with Gasteiger partial charge in [-0.1, -0.05) is 31.1 Å². The summed E-state index contributed by atoms with van der Waals surface area (Å²) in [5.41, 5.74) is 4.50. The van der Waals surface area contributed by atoms with Gasteiger partial charge in [-0.3, -0.25) is 14.5 Å². The highest BCUT2D eigenvalue weighted by Gasteiger charge is 2.56. The number of hydrogen-bond acceptors (Lipinski definition) is 6. The summed E-state index contributed by atoms with van der Waals surface area (Å²) in [5.74, 6) is -0.523. The number of nitrogens with zero attached hydrogens (tertiary/aromatic N) is 1. The second-order valence-corrected chi connectivity index (χ2v) is 10.8. The van der Waals surface area contributed by atoms with E-state index in [1.54, 1.807) is 7.05 Å². The lowest BCUT2D eigenvalue weighted by molar-refractivity contribution is -0.138. The lowest BCUT2D eigenvalue weighted by Crippen LogP contribution is -2.46. The van der Waals surface area contributed by atoms with E-state index in [-0.39, 0.29) is 35.5 Å². The van der Waals surface area contributed by atoms with Gasteiger partial charge in [0.15, 0.2) is 11.5 Å². The summed E-state index contributed by atoms with van der Waals surface area (Å²) < 4.78 is 12.1. The van der Waals surface area contributed by atoms with Crippen LogP contribution < -0.4 is 4.74 Å². The number of halogens is 1. The average molecular weight is 593 g/mol. The van der Waals surface area contributed by atoms with Gasteiger partial charge in [0.2, 0.25) is 11.8 Å². The smallest absolute Gasteiger partial charge is 0.455 e. The molecule has 35 heavy (non-hydrogen) atoms. The van der Waals surface area contributed by atoms with Crippen molar-refractivity contribution in [3.63, 3.8) is 0 Å². The molecule has 9 heteroatoms. The first kappa shape index (κ1) is 26.2. The number of fused-ring (bicyclic) bond motifs is 3. The monoisotopic (exact) mass is 593 g/mol. The molecule has 2 amide bonds. The minimum Gasteiger partial charge on any atom is -0.504 e. The molecular weight excluding hydrogens is 560 g/mol. The number of methoxy groups -OCH3 is 1. The molecule has 0 unspecified atom stereocenters. The van der Waals surface area contributed by atoms with Crippen LogP contribution in [-0.4, -0.2) is 54.2 Å². The average Bonchev–Trinajstić information content (AvgIpc) is 3.06. The molecule has 0 saturated carbocycles. The van der Waals surface area contributed by atoms with Crippen molar-refractivity contribution in [2.75, 3.05) is 14.2 Å². The first-order chi connectivity index (χ1) is 16.7. The number of benzene rings is 1. The number of aromatic hydroxyl groups is 1. The molecule has 188 valence electrons. The van der Waals surface area contributed by atoms with Gasteiger partial charge >= 0.3 is 7.12 Å². The molecule has 3 aliphatic rings. The van der Waals surface area contributed by atoms with Crippen LogP contribution in [0.15, 0.2) is 28.9 Å². The molecule has 0 bridgehead atoms. The molecule has 1 aliphatic carbocycles. The molecule has 0 radical (unpaired) electrons. The molecule has 2 heterocycles. The van der Waals surface area contributed by atoms with Crippen molar-refractivity contribution in [1.82, 2.24) is 4.90 Å². The molecule has 2 N–H and O–H groups in total. The predicted molar refractivity (Wildman–Crippen MR) is 143 cm³/mol. The fourth-order valence-corrected chi connectivity index (χ4v) is 6.62. The third-order valence-electron chi connectivity index (χ3n) is 7.78.